The van der Waals surface area contributed by atoms with E-state index < -0.39 is 0 Å². The standard InChI is InChI=1S/C23H24FNO3/c1-3-6-17-12-21(26)28-23-15(2)22-18(11-19(17)23)13-25(14-27-22)10-9-16-7-4-5-8-20(16)24/h4-5,7-8,11-12H,3,6,9-10,13-14H2,1-2H3. The molecule has 0 bridgehead atoms. The van der Waals surface area contributed by atoms with E-state index in [-0.39, 0.29) is 11.4 Å². The van der Waals surface area contributed by atoms with Gasteiger partial charge in [0.05, 0.1) is 0 Å². The summed E-state index contributed by atoms with van der Waals surface area (Å²) >= 11 is 0. The molecule has 4 nitrogen and oxygen atoms in total. The van der Waals surface area contributed by atoms with Gasteiger partial charge in [-0.3, -0.25) is 4.90 Å². The fourth-order valence-corrected chi connectivity index (χ4v) is 3.93. The first-order valence-corrected chi connectivity index (χ1v) is 9.74. The molecule has 0 N–H and O–H groups in total. The molecule has 0 aliphatic carbocycles. The largest absolute Gasteiger partial charge is 0.477 e. The molecule has 1 aliphatic heterocycles. The topological polar surface area (TPSA) is 42.7 Å². The fourth-order valence-electron chi connectivity index (χ4n) is 3.93. The number of aryl methyl sites for hydroxylation is 2. The van der Waals surface area contributed by atoms with Gasteiger partial charge in [-0.25, -0.2) is 9.18 Å². The molecule has 0 radical (unpaired) electrons. The Morgan fingerprint density at radius 2 is 1.96 bits per heavy atom. The lowest BCUT2D eigenvalue weighted by molar-refractivity contribution is 0.0957. The van der Waals surface area contributed by atoms with E-state index in [0.717, 1.165) is 52.8 Å². The van der Waals surface area contributed by atoms with Gasteiger partial charge in [0, 0.05) is 35.7 Å². The summed E-state index contributed by atoms with van der Waals surface area (Å²) in [6.45, 7) is 5.91. The van der Waals surface area contributed by atoms with E-state index in [1.54, 1.807) is 12.1 Å². The Kier molecular flexibility index (Phi) is 5.18. The van der Waals surface area contributed by atoms with Gasteiger partial charge in [0.1, 0.15) is 23.9 Å². The van der Waals surface area contributed by atoms with Crippen LogP contribution in [0.3, 0.4) is 0 Å². The minimum Gasteiger partial charge on any atom is -0.477 e. The van der Waals surface area contributed by atoms with Crippen molar-refractivity contribution in [3.05, 3.63) is 74.9 Å². The first-order valence-electron chi connectivity index (χ1n) is 9.74. The van der Waals surface area contributed by atoms with E-state index in [4.69, 9.17) is 9.15 Å². The highest BCUT2D eigenvalue weighted by Gasteiger charge is 2.23. The van der Waals surface area contributed by atoms with Crippen LogP contribution in [-0.4, -0.2) is 18.2 Å². The van der Waals surface area contributed by atoms with Crippen LogP contribution >= 0.6 is 0 Å². The third-order valence-corrected chi connectivity index (χ3v) is 5.34. The summed E-state index contributed by atoms with van der Waals surface area (Å²) in [4.78, 5) is 14.1. The van der Waals surface area contributed by atoms with Crippen LogP contribution in [0.2, 0.25) is 0 Å². The Morgan fingerprint density at radius 3 is 2.75 bits per heavy atom. The number of nitrogens with zero attached hydrogens (tertiary/aromatic N) is 1. The molecule has 0 amide bonds. The molecule has 0 atom stereocenters. The molecule has 1 aromatic heterocycles. The molecule has 4 rings (SSSR count). The van der Waals surface area contributed by atoms with Crippen LogP contribution in [-0.2, 0) is 19.4 Å². The second-order valence-corrected chi connectivity index (χ2v) is 7.37. The van der Waals surface area contributed by atoms with Gasteiger partial charge in [-0.2, -0.15) is 0 Å². The van der Waals surface area contributed by atoms with Gasteiger partial charge in [-0.15, -0.1) is 0 Å². The Hall–Kier alpha value is -2.66. The van der Waals surface area contributed by atoms with Gasteiger partial charge in [-0.1, -0.05) is 31.5 Å². The second-order valence-electron chi connectivity index (χ2n) is 7.37. The number of benzene rings is 2. The van der Waals surface area contributed by atoms with Crippen LogP contribution in [0.15, 0.2) is 45.6 Å². The van der Waals surface area contributed by atoms with Gasteiger partial charge in [0.25, 0.3) is 0 Å². The summed E-state index contributed by atoms with van der Waals surface area (Å²) in [6.07, 6.45) is 2.42. The zero-order chi connectivity index (χ0) is 19.7. The van der Waals surface area contributed by atoms with E-state index in [0.29, 0.717) is 25.3 Å². The first kappa shape index (κ1) is 18.7. The zero-order valence-corrected chi connectivity index (χ0v) is 16.3. The molecule has 1 aliphatic rings. The third kappa shape index (κ3) is 3.54. The molecule has 0 spiro atoms. The quantitative estimate of drug-likeness (QED) is 0.607. The molecule has 2 aromatic carbocycles. The Morgan fingerprint density at radius 1 is 1.14 bits per heavy atom. The molecule has 0 saturated heterocycles. The Labute approximate surface area is 163 Å². The van der Waals surface area contributed by atoms with Gasteiger partial charge in [0.2, 0.25) is 0 Å². The van der Waals surface area contributed by atoms with Crippen molar-refractivity contribution in [1.29, 1.82) is 0 Å². The number of hydrogen-bond donors (Lipinski definition) is 0. The Balaban J connectivity index is 1.62. The minimum absolute atomic E-state index is 0.165. The second kappa shape index (κ2) is 7.76. The molecule has 0 saturated carbocycles. The number of fused-ring (bicyclic) bond motifs is 2. The van der Waals surface area contributed by atoms with Crippen molar-refractivity contribution in [3.63, 3.8) is 0 Å². The van der Waals surface area contributed by atoms with Gasteiger partial charge in [0.15, 0.2) is 0 Å². The lowest BCUT2D eigenvalue weighted by Gasteiger charge is -2.30. The highest BCUT2D eigenvalue weighted by atomic mass is 19.1. The van der Waals surface area contributed by atoms with Crippen LogP contribution in [0, 0.1) is 12.7 Å². The molecule has 0 fully saturated rings. The predicted octanol–water partition coefficient (Wildman–Crippen LogP) is 4.59. The van der Waals surface area contributed by atoms with E-state index in [1.165, 1.54) is 6.07 Å². The van der Waals surface area contributed by atoms with E-state index in [2.05, 4.69) is 17.9 Å². The lowest BCUT2D eigenvalue weighted by atomic mass is 9.98. The molecule has 2 heterocycles. The maximum absolute atomic E-state index is 13.9. The molecule has 3 aromatic rings. The molecule has 5 heteroatoms. The summed E-state index contributed by atoms with van der Waals surface area (Å²) < 4.78 is 25.4. The number of rotatable bonds is 5. The SMILES string of the molecule is CCCc1cc(=O)oc2c(C)c3c(cc12)CN(CCc1ccccc1F)CO3. The molecule has 28 heavy (non-hydrogen) atoms. The fraction of sp³-hybridized carbons (Fsp3) is 0.348. The summed E-state index contributed by atoms with van der Waals surface area (Å²) in [5.41, 5.74) is 3.99. The summed E-state index contributed by atoms with van der Waals surface area (Å²) in [7, 11) is 0. The molecule has 146 valence electrons. The normalized spacial score (nSPS) is 14.1. The van der Waals surface area contributed by atoms with Crippen molar-refractivity contribution in [2.45, 2.75) is 39.7 Å². The van der Waals surface area contributed by atoms with Crippen molar-refractivity contribution < 1.29 is 13.5 Å². The van der Waals surface area contributed by atoms with Crippen molar-refractivity contribution >= 4 is 11.0 Å². The van der Waals surface area contributed by atoms with Crippen molar-refractivity contribution in [3.8, 4) is 5.75 Å². The van der Waals surface area contributed by atoms with Crippen LogP contribution in [0.5, 0.6) is 5.75 Å². The summed E-state index contributed by atoms with van der Waals surface area (Å²) in [5, 5.41) is 0.984. The smallest absolute Gasteiger partial charge is 0.336 e. The Bertz CT molecular complexity index is 1070. The summed E-state index contributed by atoms with van der Waals surface area (Å²) in [5.74, 6) is 0.633. The van der Waals surface area contributed by atoms with Crippen molar-refractivity contribution in [1.82, 2.24) is 4.90 Å². The number of halogens is 1. The third-order valence-electron chi connectivity index (χ3n) is 5.34. The molecule has 0 unspecified atom stereocenters. The highest BCUT2D eigenvalue weighted by Crippen LogP contribution is 2.36. The van der Waals surface area contributed by atoms with Gasteiger partial charge in [-0.05, 0) is 43.0 Å². The predicted molar refractivity (Wildman–Crippen MR) is 107 cm³/mol. The maximum Gasteiger partial charge on any atom is 0.336 e. The lowest BCUT2D eigenvalue weighted by Crippen LogP contribution is -2.34. The maximum atomic E-state index is 13.9. The highest BCUT2D eigenvalue weighted by molar-refractivity contribution is 5.86. The zero-order valence-electron chi connectivity index (χ0n) is 16.3. The number of hydrogen-bond acceptors (Lipinski definition) is 4. The minimum atomic E-state index is -0.318. The molecular formula is C23H24FNO3. The van der Waals surface area contributed by atoms with Gasteiger partial charge >= 0.3 is 5.63 Å². The average molecular weight is 381 g/mol. The van der Waals surface area contributed by atoms with Crippen LogP contribution in [0.4, 0.5) is 4.39 Å². The van der Waals surface area contributed by atoms with Crippen molar-refractivity contribution in [2.24, 2.45) is 0 Å². The van der Waals surface area contributed by atoms with Crippen LogP contribution in [0.25, 0.3) is 11.0 Å². The van der Waals surface area contributed by atoms with Crippen LogP contribution < -0.4 is 10.4 Å². The number of ether oxygens (including phenoxy) is 1. The first-order chi connectivity index (χ1) is 13.6. The molecular weight excluding hydrogens is 357 g/mol. The van der Waals surface area contributed by atoms with E-state index in [1.807, 2.05) is 19.1 Å². The summed E-state index contributed by atoms with van der Waals surface area (Å²) in [6, 6.07) is 10.6. The van der Waals surface area contributed by atoms with Crippen LogP contribution in [0.1, 0.15) is 35.6 Å². The van der Waals surface area contributed by atoms with Crippen molar-refractivity contribution in [2.75, 3.05) is 13.3 Å². The van der Waals surface area contributed by atoms with E-state index >= 15 is 0 Å². The van der Waals surface area contributed by atoms with E-state index in [9.17, 15) is 9.18 Å². The average Bonchev–Trinajstić information content (AvgIpc) is 2.68. The monoisotopic (exact) mass is 381 g/mol. The van der Waals surface area contributed by atoms with Gasteiger partial charge < -0.3 is 9.15 Å².